The van der Waals surface area contributed by atoms with Gasteiger partial charge < -0.3 is 19.7 Å². The molecular weight excluding hydrogens is 364 g/mol. The lowest BCUT2D eigenvalue weighted by Gasteiger charge is -2.40. The van der Waals surface area contributed by atoms with Crippen LogP contribution < -0.4 is 19.7 Å². The summed E-state index contributed by atoms with van der Waals surface area (Å²) in [4.78, 5) is 14.5. The Hall–Kier alpha value is -2.69. The Bertz CT molecular complexity index is 837. The molecule has 2 aromatic carbocycles. The average molecular weight is 395 g/mol. The molecule has 0 radical (unpaired) electrons. The highest BCUT2D eigenvalue weighted by Gasteiger charge is 2.45. The van der Waals surface area contributed by atoms with Gasteiger partial charge in [0.2, 0.25) is 5.91 Å². The van der Waals surface area contributed by atoms with Crippen molar-refractivity contribution in [2.45, 2.75) is 45.8 Å². The quantitative estimate of drug-likeness (QED) is 0.724. The van der Waals surface area contributed by atoms with Crippen LogP contribution in [0.4, 0.5) is 5.69 Å². The summed E-state index contributed by atoms with van der Waals surface area (Å²) >= 11 is 0. The SMILES string of the molecule is CCOc1ccc(N2CC(Oc3ccc([C@H](C)NC(=O)C4(C)CC4)cc3)C2)cc1. The van der Waals surface area contributed by atoms with Gasteiger partial charge in [-0.15, -0.1) is 0 Å². The molecule has 154 valence electrons. The number of carbonyl (C=O) groups is 1. The number of amides is 1. The number of anilines is 1. The summed E-state index contributed by atoms with van der Waals surface area (Å²) in [5, 5.41) is 3.12. The molecule has 2 aromatic rings. The lowest BCUT2D eigenvalue weighted by molar-refractivity contribution is -0.126. The first-order chi connectivity index (χ1) is 14.0. The van der Waals surface area contributed by atoms with E-state index in [1.807, 2.05) is 57.2 Å². The Balaban J connectivity index is 1.25. The van der Waals surface area contributed by atoms with Gasteiger partial charge in [0, 0.05) is 11.1 Å². The van der Waals surface area contributed by atoms with Crippen LogP contribution in [0.2, 0.25) is 0 Å². The number of hydrogen-bond acceptors (Lipinski definition) is 4. The third-order valence-electron chi connectivity index (χ3n) is 5.94. The minimum Gasteiger partial charge on any atom is -0.494 e. The van der Waals surface area contributed by atoms with Crippen molar-refractivity contribution in [1.29, 1.82) is 0 Å². The Morgan fingerprint density at radius 3 is 2.31 bits per heavy atom. The van der Waals surface area contributed by atoms with Crippen molar-refractivity contribution < 1.29 is 14.3 Å². The molecule has 0 spiro atoms. The molecule has 4 rings (SSSR count). The van der Waals surface area contributed by atoms with Crippen LogP contribution in [-0.4, -0.2) is 31.7 Å². The van der Waals surface area contributed by atoms with Crippen molar-refractivity contribution in [2.75, 3.05) is 24.6 Å². The minimum atomic E-state index is -0.142. The fourth-order valence-corrected chi connectivity index (χ4v) is 3.54. The van der Waals surface area contributed by atoms with Crippen molar-refractivity contribution in [3.63, 3.8) is 0 Å². The normalized spacial score (nSPS) is 18.5. The Kier molecular flexibility index (Phi) is 5.39. The summed E-state index contributed by atoms with van der Waals surface area (Å²) in [7, 11) is 0. The van der Waals surface area contributed by atoms with Crippen LogP contribution in [0.25, 0.3) is 0 Å². The van der Waals surface area contributed by atoms with Crippen LogP contribution in [0, 0.1) is 5.41 Å². The first-order valence-corrected chi connectivity index (χ1v) is 10.5. The number of ether oxygens (including phenoxy) is 2. The summed E-state index contributed by atoms with van der Waals surface area (Å²) in [6.07, 6.45) is 2.18. The van der Waals surface area contributed by atoms with E-state index >= 15 is 0 Å². The zero-order valence-corrected chi connectivity index (χ0v) is 17.5. The molecule has 0 unspecified atom stereocenters. The summed E-state index contributed by atoms with van der Waals surface area (Å²) in [5.41, 5.74) is 2.15. The molecular formula is C24H30N2O3. The lowest BCUT2D eigenvalue weighted by Crippen LogP contribution is -2.54. The topological polar surface area (TPSA) is 50.8 Å². The van der Waals surface area contributed by atoms with E-state index in [0.29, 0.717) is 6.61 Å². The number of rotatable bonds is 8. The van der Waals surface area contributed by atoms with Crippen LogP contribution in [-0.2, 0) is 4.79 Å². The van der Waals surface area contributed by atoms with Gasteiger partial charge in [0.15, 0.2) is 0 Å². The molecule has 5 heteroatoms. The summed E-state index contributed by atoms with van der Waals surface area (Å²) < 4.78 is 11.6. The highest BCUT2D eigenvalue weighted by molar-refractivity contribution is 5.85. The second-order valence-electron chi connectivity index (χ2n) is 8.40. The minimum absolute atomic E-state index is 0.00725. The molecule has 0 aromatic heterocycles. The van der Waals surface area contributed by atoms with E-state index < -0.39 is 0 Å². The van der Waals surface area contributed by atoms with Gasteiger partial charge in [0.1, 0.15) is 17.6 Å². The van der Waals surface area contributed by atoms with Crippen LogP contribution in [0.5, 0.6) is 11.5 Å². The maximum atomic E-state index is 12.2. The third-order valence-corrected chi connectivity index (χ3v) is 5.94. The van der Waals surface area contributed by atoms with Crippen LogP contribution in [0.15, 0.2) is 48.5 Å². The highest BCUT2D eigenvalue weighted by Crippen LogP contribution is 2.45. The van der Waals surface area contributed by atoms with Gasteiger partial charge >= 0.3 is 0 Å². The first-order valence-electron chi connectivity index (χ1n) is 10.5. The maximum absolute atomic E-state index is 12.2. The summed E-state index contributed by atoms with van der Waals surface area (Å²) in [6, 6.07) is 16.3. The van der Waals surface area contributed by atoms with Crippen molar-refractivity contribution in [2.24, 2.45) is 5.41 Å². The molecule has 1 aliphatic carbocycles. The Labute approximate surface area is 173 Å². The van der Waals surface area contributed by atoms with E-state index in [1.54, 1.807) is 0 Å². The summed E-state index contributed by atoms with van der Waals surface area (Å²) in [5.74, 6) is 1.94. The zero-order chi connectivity index (χ0) is 20.4. The second kappa shape index (κ2) is 7.97. The number of hydrogen-bond donors (Lipinski definition) is 1. The van der Waals surface area contributed by atoms with E-state index in [-0.39, 0.29) is 23.5 Å². The molecule has 5 nitrogen and oxygen atoms in total. The zero-order valence-electron chi connectivity index (χ0n) is 17.5. The molecule has 1 N–H and O–H groups in total. The van der Waals surface area contributed by atoms with Crippen molar-refractivity contribution in [3.8, 4) is 11.5 Å². The van der Waals surface area contributed by atoms with Crippen molar-refractivity contribution >= 4 is 11.6 Å². The molecule has 29 heavy (non-hydrogen) atoms. The standard InChI is InChI=1S/C24H30N2O3/c1-4-28-20-11-7-19(8-12-20)26-15-22(16-26)29-21-9-5-18(6-10-21)17(2)25-23(27)24(3)13-14-24/h5-12,17,22H,4,13-16H2,1-3H3,(H,25,27)/t17-/m0/s1. The molecule has 1 amide bonds. The van der Waals surface area contributed by atoms with Gasteiger partial charge in [-0.2, -0.15) is 0 Å². The fraction of sp³-hybridized carbons (Fsp3) is 0.458. The van der Waals surface area contributed by atoms with Gasteiger partial charge in [-0.25, -0.2) is 0 Å². The van der Waals surface area contributed by atoms with E-state index in [1.165, 1.54) is 5.69 Å². The van der Waals surface area contributed by atoms with Gasteiger partial charge in [-0.05, 0) is 68.7 Å². The van der Waals surface area contributed by atoms with Crippen LogP contribution in [0.3, 0.4) is 0 Å². The molecule has 2 fully saturated rings. The van der Waals surface area contributed by atoms with E-state index in [9.17, 15) is 4.79 Å². The molecule has 1 atom stereocenters. The second-order valence-corrected chi connectivity index (χ2v) is 8.40. The molecule has 2 aliphatic rings. The predicted molar refractivity (Wildman–Crippen MR) is 115 cm³/mol. The molecule has 1 saturated heterocycles. The molecule has 1 aliphatic heterocycles. The van der Waals surface area contributed by atoms with Gasteiger partial charge in [0.05, 0.1) is 25.7 Å². The van der Waals surface area contributed by atoms with E-state index in [2.05, 4.69) is 22.3 Å². The average Bonchev–Trinajstić information content (AvgIpc) is 3.45. The monoisotopic (exact) mass is 394 g/mol. The number of benzene rings is 2. The number of nitrogens with one attached hydrogen (secondary N) is 1. The van der Waals surface area contributed by atoms with Gasteiger partial charge in [-0.1, -0.05) is 19.1 Å². The van der Waals surface area contributed by atoms with Crippen LogP contribution >= 0.6 is 0 Å². The smallest absolute Gasteiger partial charge is 0.226 e. The van der Waals surface area contributed by atoms with Gasteiger partial charge in [0.25, 0.3) is 0 Å². The molecule has 0 bridgehead atoms. The van der Waals surface area contributed by atoms with Crippen LogP contribution in [0.1, 0.15) is 45.2 Å². The van der Waals surface area contributed by atoms with E-state index in [0.717, 1.165) is 43.0 Å². The predicted octanol–water partition coefficient (Wildman–Crippen LogP) is 4.33. The Morgan fingerprint density at radius 2 is 1.72 bits per heavy atom. The van der Waals surface area contributed by atoms with Gasteiger partial charge in [-0.3, -0.25) is 4.79 Å². The van der Waals surface area contributed by atoms with Crippen molar-refractivity contribution in [1.82, 2.24) is 5.32 Å². The molecule has 1 saturated carbocycles. The largest absolute Gasteiger partial charge is 0.494 e. The lowest BCUT2D eigenvalue weighted by atomic mass is 10.1. The first kappa shape index (κ1) is 19.6. The maximum Gasteiger partial charge on any atom is 0.226 e. The fourth-order valence-electron chi connectivity index (χ4n) is 3.54. The van der Waals surface area contributed by atoms with Crippen molar-refractivity contribution in [3.05, 3.63) is 54.1 Å². The number of nitrogens with zero attached hydrogens (tertiary/aromatic N) is 1. The molecule has 1 heterocycles. The summed E-state index contributed by atoms with van der Waals surface area (Å²) in [6.45, 7) is 8.48. The highest BCUT2D eigenvalue weighted by atomic mass is 16.5. The number of carbonyl (C=O) groups excluding carboxylic acids is 1. The third kappa shape index (κ3) is 4.50. The Morgan fingerprint density at radius 1 is 1.10 bits per heavy atom. The van der Waals surface area contributed by atoms with E-state index in [4.69, 9.17) is 9.47 Å².